The first kappa shape index (κ1) is 29.9. The number of hydrogen-bond donors (Lipinski definition) is 5. The number of aliphatic hydroxyl groups excluding tert-OH is 3. The Morgan fingerprint density at radius 1 is 1.06 bits per heavy atom. The number of nitrogens with one attached hydrogen (secondary N) is 2. The van der Waals surface area contributed by atoms with Crippen LogP contribution in [-0.2, 0) is 20.7 Å². The molecule has 1 aromatic carbocycles. The highest BCUT2D eigenvalue weighted by Gasteiger charge is 2.15. The molecule has 1 saturated heterocycles. The van der Waals surface area contributed by atoms with Gasteiger partial charge in [-0.15, -0.1) is 12.4 Å². The quantitative estimate of drug-likeness (QED) is 0.163. The third kappa shape index (κ3) is 12.4. The molecule has 1 heterocycles. The number of morpholine rings is 1. The van der Waals surface area contributed by atoms with Crippen LogP contribution in [0.3, 0.4) is 0 Å². The average Bonchev–Trinajstić information content (AvgIpc) is 2.85. The molecule has 194 valence electrons. The smallest absolute Gasteiger partial charge is 0.317 e. The maximum atomic E-state index is 11.9. The van der Waals surface area contributed by atoms with Crippen LogP contribution in [0.15, 0.2) is 24.3 Å². The molecule has 1 aliphatic heterocycles. The molecule has 0 saturated carbocycles. The Kier molecular flexibility index (Phi) is 15.2. The van der Waals surface area contributed by atoms with Crippen LogP contribution in [0.1, 0.15) is 12.0 Å². The van der Waals surface area contributed by atoms with Gasteiger partial charge in [-0.3, -0.25) is 4.79 Å². The fourth-order valence-electron chi connectivity index (χ4n) is 2.97. The van der Waals surface area contributed by atoms with Crippen molar-refractivity contribution in [2.45, 2.75) is 25.0 Å². The number of halogens is 1. The van der Waals surface area contributed by atoms with Crippen molar-refractivity contribution < 1.29 is 39.1 Å². The van der Waals surface area contributed by atoms with E-state index >= 15 is 0 Å². The Hall–Kier alpha value is -2.15. The Morgan fingerprint density at radius 3 is 2.44 bits per heavy atom. The third-order valence-electron chi connectivity index (χ3n) is 4.89. The Balaban J connectivity index is 0.00000578. The highest BCUT2D eigenvalue weighted by atomic mass is 35.5. The minimum absolute atomic E-state index is 0. The number of amides is 2. The molecule has 1 aliphatic rings. The largest absolute Gasteiger partial charge is 0.491 e. The molecular weight excluding hydrogens is 470 g/mol. The highest BCUT2D eigenvalue weighted by molar-refractivity contribution is 5.85. The standard InChI is InChI=1S/C22H35N3O8.ClH/c26-14-19(28)16-33-21(29)6-3-17-1-4-20(5-2-17)32-15-18(27)13-23-7-8-24-22(30)25-9-11-31-12-10-25;/h1-2,4-5,18-19,23,26-28H,3,6-16H2,(H,24,30);1H/t18-,19+;/m1./s1. The molecule has 2 atom stereocenters. The molecule has 2 amide bonds. The van der Waals surface area contributed by atoms with E-state index in [-0.39, 0.29) is 38.1 Å². The van der Waals surface area contributed by atoms with Crippen molar-refractivity contribution in [1.82, 2.24) is 15.5 Å². The maximum Gasteiger partial charge on any atom is 0.317 e. The summed E-state index contributed by atoms with van der Waals surface area (Å²) in [6.07, 6.45) is -1.13. The lowest BCUT2D eigenvalue weighted by atomic mass is 10.1. The number of carbonyl (C=O) groups is 2. The van der Waals surface area contributed by atoms with Gasteiger partial charge in [0.15, 0.2) is 0 Å². The topological polar surface area (TPSA) is 150 Å². The third-order valence-corrected chi connectivity index (χ3v) is 4.89. The second kappa shape index (κ2) is 17.3. The molecule has 0 spiro atoms. The van der Waals surface area contributed by atoms with E-state index in [4.69, 9.17) is 24.4 Å². The molecule has 0 radical (unpaired) electrons. The van der Waals surface area contributed by atoms with Gasteiger partial charge in [0, 0.05) is 39.1 Å². The number of hydrogen-bond acceptors (Lipinski definition) is 9. The first-order valence-corrected chi connectivity index (χ1v) is 11.1. The summed E-state index contributed by atoms with van der Waals surface area (Å²) in [5.74, 6) is 0.156. The number of urea groups is 1. The van der Waals surface area contributed by atoms with E-state index in [1.807, 2.05) is 12.1 Å². The lowest BCUT2D eigenvalue weighted by molar-refractivity contribution is -0.147. The van der Waals surface area contributed by atoms with Crippen molar-refractivity contribution in [3.63, 3.8) is 0 Å². The molecule has 0 aliphatic carbocycles. The minimum Gasteiger partial charge on any atom is -0.491 e. The van der Waals surface area contributed by atoms with Crippen molar-refractivity contribution in [3.05, 3.63) is 29.8 Å². The van der Waals surface area contributed by atoms with E-state index in [9.17, 15) is 14.7 Å². The summed E-state index contributed by atoms with van der Waals surface area (Å²) in [5, 5.41) is 33.8. The van der Waals surface area contributed by atoms with Crippen LogP contribution < -0.4 is 15.4 Å². The van der Waals surface area contributed by atoms with Crippen molar-refractivity contribution in [2.75, 3.05) is 65.8 Å². The number of ether oxygens (including phenoxy) is 3. The van der Waals surface area contributed by atoms with Gasteiger partial charge in [0.25, 0.3) is 0 Å². The fraction of sp³-hybridized carbons (Fsp3) is 0.636. The number of carbonyl (C=O) groups excluding carboxylic acids is 2. The summed E-state index contributed by atoms with van der Waals surface area (Å²) in [6.45, 7) is 3.09. The van der Waals surface area contributed by atoms with Crippen LogP contribution >= 0.6 is 12.4 Å². The van der Waals surface area contributed by atoms with Gasteiger partial charge in [-0.2, -0.15) is 0 Å². The van der Waals surface area contributed by atoms with Gasteiger partial charge in [0.2, 0.25) is 0 Å². The molecular formula is C22H36ClN3O8. The SMILES string of the molecule is Cl.O=C(CCc1ccc(OC[C@H](O)CNCCNC(=O)N2CCOCC2)cc1)OC[C@@H](O)CO. The van der Waals surface area contributed by atoms with E-state index in [1.165, 1.54) is 0 Å². The Bertz CT molecular complexity index is 704. The minimum atomic E-state index is -1.06. The molecule has 11 nitrogen and oxygen atoms in total. The summed E-state index contributed by atoms with van der Waals surface area (Å²) >= 11 is 0. The van der Waals surface area contributed by atoms with Gasteiger partial charge in [0.1, 0.15) is 31.2 Å². The van der Waals surface area contributed by atoms with Crippen LogP contribution in [0.4, 0.5) is 4.79 Å². The first-order chi connectivity index (χ1) is 16.0. The molecule has 0 unspecified atom stereocenters. The van der Waals surface area contributed by atoms with Crippen LogP contribution in [-0.4, -0.2) is 110 Å². The van der Waals surface area contributed by atoms with E-state index in [0.717, 1.165) is 5.56 Å². The Labute approximate surface area is 205 Å². The molecule has 1 aromatic rings. The predicted molar refractivity (Wildman–Crippen MR) is 126 cm³/mol. The summed E-state index contributed by atoms with van der Waals surface area (Å²) in [7, 11) is 0. The zero-order chi connectivity index (χ0) is 23.9. The van der Waals surface area contributed by atoms with Gasteiger partial charge in [-0.25, -0.2) is 4.79 Å². The number of nitrogens with zero attached hydrogens (tertiary/aromatic N) is 1. The molecule has 12 heteroatoms. The van der Waals surface area contributed by atoms with Gasteiger partial charge in [-0.1, -0.05) is 12.1 Å². The molecule has 34 heavy (non-hydrogen) atoms. The average molecular weight is 506 g/mol. The van der Waals surface area contributed by atoms with Crippen molar-refractivity contribution in [2.24, 2.45) is 0 Å². The van der Waals surface area contributed by atoms with Crippen LogP contribution in [0, 0.1) is 0 Å². The van der Waals surface area contributed by atoms with Crippen LogP contribution in [0.2, 0.25) is 0 Å². The van der Waals surface area contributed by atoms with Crippen LogP contribution in [0.5, 0.6) is 5.75 Å². The summed E-state index contributed by atoms with van der Waals surface area (Å²) in [6, 6.07) is 7.07. The van der Waals surface area contributed by atoms with E-state index < -0.39 is 24.8 Å². The zero-order valence-corrected chi connectivity index (χ0v) is 20.0. The van der Waals surface area contributed by atoms with Crippen molar-refractivity contribution in [1.29, 1.82) is 0 Å². The van der Waals surface area contributed by atoms with Crippen molar-refractivity contribution >= 4 is 24.4 Å². The molecule has 2 rings (SSSR count). The lowest BCUT2D eigenvalue weighted by Gasteiger charge is -2.27. The van der Waals surface area contributed by atoms with Crippen molar-refractivity contribution in [3.8, 4) is 5.75 Å². The second-order valence-electron chi connectivity index (χ2n) is 7.66. The molecule has 1 fully saturated rings. The fourth-order valence-corrected chi connectivity index (χ4v) is 2.97. The number of esters is 1. The Morgan fingerprint density at radius 2 is 1.76 bits per heavy atom. The van der Waals surface area contributed by atoms with Gasteiger partial charge in [0.05, 0.1) is 19.8 Å². The monoisotopic (exact) mass is 505 g/mol. The zero-order valence-electron chi connectivity index (χ0n) is 19.2. The lowest BCUT2D eigenvalue weighted by Crippen LogP contribution is -2.47. The molecule has 0 aromatic heterocycles. The summed E-state index contributed by atoms with van der Waals surface area (Å²) in [4.78, 5) is 25.3. The van der Waals surface area contributed by atoms with E-state index in [1.54, 1.807) is 17.0 Å². The normalized spacial score (nSPS) is 15.1. The second-order valence-corrected chi connectivity index (χ2v) is 7.66. The first-order valence-electron chi connectivity index (χ1n) is 11.1. The van der Waals surface area contributed by atoms with Gasteiger partial charge < -0.3 is 45.1 Å². The van der Waals surface area contributed by atoms with E-state index in [2.05, 4.69) is 10.6 Å². The highest BCUT2D eigenvalue weighted by Crippen LogP contribution is 2.14. The van der Waals surface area contributed by atoms with E-state index in [0.29, 0.717) is 58.1 Å². The predicted octanol–water partition coefficient (Wildman–Crippen LogP) is -0.691. The number of rotatable bonds is 14. The number of aryl methyl sites for hydroxylation is 1. The molecule has 5 N–H and O–H groups in total. The van der Waals surface area contributed by atoms with Crippen LogP contribution in [0.25, 0.3) is 0 Å². The summed E-state index contributed by atoms with van der Waals surface area (Å²) < 4.78 is 15.6. The van der Waals surface area contributed by atoms with Gasteiger partial charge in [-0.05, 0) is 24.1 Å². The molecule has 0 bridgehead atoms. The summed E-state index contributed by atoms with van der Waals surface area (Å²) in [5.41, 5.74) is 0.920. The number of benzene rings is 1. The van der Waals surface area contributed by atoms with Gasteiger partial charge >= 0.3 is 12.0 Å². The maximum absolute atomic E-state index is 11.9. The number of aliphatic hydroxyl groups is 3.